The molecule has 0 spiro atoms. The molecule has 0 N–H and O–H groups in total. The summed E-state index contributed by atoms with van der Waals surface area (Å²) in [6, 6.07) is 17.2. The largest absolute Gasteiger partial charge is 0.462 e. The third-order valence-electron chi connectivity index (χ3n) is 2.79. The molecule has 0 atom stereocenters. The number of ether oxygens (including phenoxy) is 1. The highest BCUT2D eigenvalue weighted by Crippen LogP contribution is 2.09. The van der Waals surface area contributed by atoms with E-state index in [9.17, 15) is 4.79 Å². The van der Waals surface area contributed by atoms with Crippen LogP contribution in [0.25, 0.3) is 0 Å². The molecule has 0 radical (unpaired) electrons. The van der Waals surface area contributed by atoms with Gasteiger partial charge in [-0.3, -0.25) is 0 Å². The van der Waals surface area contributed by atoms with Crippen molar-refractivity contribution in [3.05, 3.63) is 65.7 Å². The minimum atomic E-state index is -0.276. The second-order valence-corrected chi connectivity index (χ2v) is 4.79. The van der Waals surface area contributed by atoms with Crippen LogP contribution in [0, 0.1) is 0 Å². The standard InChI is InChI=1S/C16H16O2S/c17-16(14-8-10-15(19)11-9-14)18-12-4-7-13-5-2-1-3-6-13/h1-3,5-6,8-11,19H,4,7,12H2. The van der Waals surface area contributed by atoms with Gasteiger partial charge in [0.05, 0.1) is 12.2 Å². The van der Waals surface area contributed by atoms with Gasteiger partial charge in [0.2, 0.25) is 0 Å². The van der Waals surface area contributed by atoms with Crippen LogP contribution in [-0.2, 0) is 11.2 Å². The normalized spacial score (nSPS) is 10.2. The van der Waals surface area contributed by atoms with Gasteiger partial charge in [-0.2, -0.15) is 0 Å². The van der Waals surface area contributed by atoms with E-state index < -0.39 is 0 Å². The highest BCUT2D eigenvalue weighted by Gasteiger charge is 2.05. The molecule has 0 bridgehead atoms. The van der Waals surface area contributed by atoms with E-state index in [-0.39, 0.29) is 5.97 Å². The predicted octanol–water partition coefficient (Wildman–Crippen LogP) is 3.76. The second kappa shape index (κ2) is 7.00. The molecule has 19 heavy (non-hydrogen) atoms. The summed E-state index contributed by atoms with van der Waals surface area (Å²) in [7, 11) is 0. The maximum atomic E-state index is 11.7. The summed E-state index contributed by atoms with van der Waals surface area (Å²) in [5, 5.41) is 0. The summed E-state index contributed by atoms with van der Waals surface area (Å²) in [6.07, 6.45) is 1.75. The van der Waals surface area contributed by atoms with Crippen molar-refractivity contribution in [1.29, 1.82) is 0 Å². The fraction of sp³-hybridized carbons (Fsp3) is 0.188. The molecule has 98 valence electrons. The predicted molar refractivity (Wildman–Crippen MR) is 78.7 cm³/mol. The maximum absolute atomic E-state index is 11.7. The molecule has 0 saturated heterocycles. The van der Waals surface area contributed by atoms with Gasteiger partial charge in [0.25, 0.3) is 0 Å². The number of thiol groups is 1. The topological polar surface area (TPSA) is 26.3 Å². The molecule has 2 aromatic carbocycles. The zero-order chi connectivity index (χ0) is 13.5. The SMILES string of the molecule is O=C(OCCCc1ccccc1)c1ccc(S)cc1. The monoisotopic (exact) mass is 272 g/mol. The van der Waals surface area contributed by atoms with E-state index in [1.165, 1.54) is 5.56 Å². The fourth-order valence-electron chi connectivity index (χ4n) is 1.77. The summed E-state index contributed by atoms with van der Waals surface area (Å²) in [6.45, 7) is 0.441. The van der Waals surface area contributed by atoms with E-state index >= 15 is 0 Å². The smallest absolute Gasteiger partial charge is 0.338 e. The molecule has 0 fully saturated rings. The molecular weight excluding hydrogens is 256 g/mol. The number of carbonyl (C=O) groups is 1. The Morgan fingerprint density at radius 1 is 1.00 bits per heavy atom. The van der Waals surface area contributed by atoms with Crippen LogP contribution < -0.4 is 0 Å². The zero-order valence-corrected chi connectivity index (χ0v) is 11.5. The number of rotatable bonds is 5. The van der Waals surface area contributed by atoms with Crippen molar-refractivity contribution in [3.8, 4) is 0 Å². The number of hydrogen-bond acceptors (Lipinski definition) is 3. The third kappa shape index (κ3) is 4.45. The number of aryl methyl sites for hydroxylation is 1. The summed E-state index contributed by atoms with van der Waals surface area (Å²) in [5.74, 6) is -0.276. The Labute approximate surface area is 118 Å². The van der Waals surface area contributed by atoms with Crippen molar-refractivity contribution in [2.75, 3.05) is 6.61 Å². The lowest BCUT2D eigenvalue weighted by atomic mass is 10.1. The molecule has 0 aliphatic heterocycles. The highest BCUT2D eigenvalue weighted by molar-refractivity contribution is 7.80. The average molecular weight is 272 g/mol. The molecule has 2 rings (SSSR count). The number of hydrogen-bond donors (Lipinski definition) is 1. The van der Waals surface area contributed by atoms with Crippen LogP contribution in [0.1, 0.15) is 22.3 Å². The molecule has 0 aliphatic carbocycles. The van der Waals surface area contributed by atoms with Crippen molar-refractivity contribution >= 4 is 18.6 Å². The molecule has 2 aromatic rings. The average Bonchev–Trinajstić information content (AvgIpc) is 2.45. The van der Waals surface area contributed by atoms with Crippen LogP contribution in [0.5, 0.6) is 0 Å². The number of carbonyl (C=O) groups excluding carboxylic acids is 1. The first-order valence-corrected chi connectivity index (χ1v) is 6.70. The van der Waals surface area contributed by atoms with Crippen molar-refractivity contribution in [2.24, 2.45) is 0 Å². The van der Waals surface area contributed by atoms with Crippen molar-refractivity contribution in [3.63, 3.8) is 0 Å². The Balaban J connectivity index is 1.74. The molecular formula is C16H16O2S. The quantitative estimate of drug-likeness (QED) is 0.509. The van der Waals surface area contributed by atoms with Crippen LogP contribution in [0.2, 0.25) is 0 Å². The van der Waals surface area contributed by atoms with Gasteiger partial charge in [-0.15, -0.1) is 12.6 Å². The zero-order valence-electron chi connectivity index (χ0n) is 10.6. The first-order chi connectivity index (χ1) is 9.25. The first kappa shape index (κ1) is 13.7. The van der Waals surface area contributed by atoms with Crippen LogP contribution in [0.3, 0.4) is 0 Å². The maximum Gasteiger partial charge on any atom is 0.338 e. The summed E-state index contributed by atoms with van der Waals surface area (Å²) in [4.78, 5) is 12.6. The molecule has 0 unspecified atom stereocenters. The fourth-order valence-corrected chi connectivity index (χ4v) is 1.92. The van der Waals surface area contributed by atoms with Gasteiger partial charge in [0.15, 0.2) is 0 Å². The Morgan fingerprint density at radius 3 is 2.37 bits per heavy atom. The molecule has 3 heteroatoms. The Kier molecular flexibility index (Phi) is 5.04. The number of esters is 1. The second-order valence-electron chi connectivity index (χ2n) is 4.27. The Hall–Kier alpha value is -1.74. The van der Waals surface area contributed by atoms with Crippen molar-refractivity contribution < 1.29 is 9.53 Å². The van der Waals surface area contributed by atoms with Gasteiger partial charge in [-0.25, -0.2) is 4.79 Å². The van der Waals surface area contributed by atoms with Gasteiger partial charge >= 0.3 is 5.97 Å². The van der Waals surface area contributed by atoms with Crippen molar-refractivity contribution in [1.82, 2.24) is 0 Å². The van der Waals surface area contributed by atoms with Gasteiger partial charge < -0.3 is 4.74 Å². The van der Waals surface area contributed by atoms with Gasteiger partial charge in [0.1, 0.15) is 0 Å². The third-order valence-corrected chi connectivity index (χ3v) is 3.09. The lowest BCUT2D eigenvalue weighted by molar-refractivity contribution is 0.0500. The number of benzene rings is 2. The van der Waals surface area contributed by atoms with Crippen molar-refractivity contribution in [2.45, 2.75) is 17.7 Å². The van der Waals surface area contributed by atoms with E-state index in [1.54, 1.807) is 24.3 Å². The van der Waals surface area contributed by atoms with Gasteiger partial charge in [-0.05, 0) is 42.7 Å². The lowest BCUT2D eigenvalue weighted by Crippen LogP contribution is -2.06. The highest BCUT2D eigenvalue weighted by atomic mass is 32.1. The minimum absolute atomic E-state index is 0.276. The van der Waals surface area contributed by atoms with E-state index in [0.29, 0.717) is 12.2 Å². The Bertz CT molecular complexity index is 520. The molecule has 2 nitrogen and oxygen atoms in total. The van der Waals surface area contributed by atoms with Gasteiger partial charge in [0, 0.05) is 4.90 Å². The minimum Gasteiger partial charge on any atom is -0.462 e. The van der Waals surface area contributed by atoms with Crippen LogP contribution in [0.4, 0.5) is 0 Å². The van der Waals surface area contributed by atoms with E-state index in [1.807, 2.05) is 18.2 Å². The molecule has 0 heterocycles. The molecule has 0 saturated carbocycles. The van der Waals surface area contributed by atoms with Gasteiger partial charge in [-0.1, -0.05) is 30.3 Å². The molecule has 0 aromatic heterocycles. The molecule has 0 aliphatic rings. The van der Waals surface area contributed by atoms with E-state index in [4.69, 9.17) is 4.74 Å². The van der Waals surface area contributed by atoms with E-state index in [2.05, 4.69) is 24.8 Å². The summed E-state index contributed by atoms with van der Waals surface area (Å²) >= 11 is 4.17. The summed E-state index contributed by atoms with van der Waals surface area (Å²) < 4.78 is 5.23. The van der Waals surface area contributed by atoms with Crippen LogP contribution in [-0.4, -0.2) is 12.6 Å². The lowest BCUT2D eigenvalue weighted by Gasteiger charge is -2.05. The van der Waals surface area contributed by atoms with E-state index in [0.717, 1.165) is 17.7 Å². The Morgan fingerprint density at radius 2 is 1.68 bits per heavy atom. The summed E-state index contributed by atoms with van der Waals surface area (Å²) in [5.41, 5.74) is 1.83. The van der Waals surface area contributed by atoms with Crippen LogP contribution in [0.15, 0.2) is 59.5 Å². The molecule has 0 amide bonds. The first-order valence-electron chi connectivity index (χ1n) is 6.26. The van der Waals surface area contributed by atoms with Crippen LogP contribution >= 0.6 is 12.6 Å².